The number of guanidine groups is 1. The molecule has 4 nitrogen and oxygen atoms in total. The summed E-state index contributed by atoms with van der Waals surface area (Å²) in [5.41, 5.74) is 8.44. The van der Waals surface area contributed by atoms with E-state index >= 15 is 0 Å². The van der Waals surface area contributed by atoms with Crippen molar-refractivity contribution in [2.75, 3.05) is 0 Å². The van der Waals surface area contributed by atoms with Gasteiger partial charge in [0.05, 0.1) is 5.92 Å². The fourth-order valence-corrected chi connectivity index (χ4v) is 2.34. The van der Waals surface area contributed by atoms with Crippen molar-refractivity contribution >= 4 is 24.3 Å². The number of rotatable bonds is 4. The molecule has 0 saturated heterocycles. The number of aryl methyl sites for hydroxylation is 1. The van der Waals surface area contributed by atoms with Crippen molar-refractivity contribution < 1.29 is 4.79 Å². The topological polar surface area (TPSA) is 79.0 Å². The van der Waals surface area contributed by atoms with Gasteiger partial charge in [0.15, 0.2) is 5.96 Å². The standard InChI is InChI=1S/C17H19N3O.ClH/c1-12-6-5-7-13(10-12)11-15(16(21)20-17(18)19)14-8-3-2-4-9-14;/h2-10,15H,11H2,1H3,(H4,18,19,20,21);1H/t15-;/m1./s1. The summed E-state index contributed by atoms with van der Waals surface area (Å²) >= 11 is 0. The molecular weight excluding hydrogens is 298 g/mol. The van der Waals surface area contributed by atoms with Gasteiger partial charge in [0, 0.05) is 0 Å². The highest BCUT2D eigenvalue weighted by molar-refractivity contribution is 5.98. The van der Waals surface area contributed by atoms with Gasteiger partial charge in [-0.15, -0.1) is 12.4 Å². The van der Waals surface area contributed by atoms with Crippen LogP contribution in [-0.2, 0) is 11.2 Å². The lowest BCUT2D eigenvalue weighted by molar-refractivity contribution is -0.121. The maximum absolute atomic E-state index is 12.3. The Morgan fingerprint density at radius 1 is 1.18 bits per heavy atom. The number of hydrogen-bond donors (Lipinski definition) is 3. The lowest BCUT2D eigenvalue weighted by Crippen LogP contribution is -2.39. The molecule has 0 unspecified atom stereocenters. The fourth-order valence-electron chi connectivity index (χ4n) is 2.34. The molecule has 0 fully saturated rings. The van der Waals surface area contributed by atoms with Crippen LogP contribution < -0.4 is 11.1 Å². The van der Waals surface area contributed by atoms with Gasteiger partial charge in [-0.25, -0.2) is 0 Å². The molecule has 0 aliphatic heterocycles. The molecule has 1 amide bonds. The summed E-state index contributed by atoms with van der Waals surface area (Å²) in [5, 5.41) is 9.64. The van der Waals surface area contributed by atoms with Crippen LogP contribution in [0.5, 0.6) is 0 Å². The Morgan fingerprint density at radius 2 is 1.86 bits per heavy atom. The van der Waals surface area contributed by atoms with Crippen molar-refractivity contribution in [3.8, 4) is 0 Å². The van der Waals surface area contributed by atoms with Gasteiger partial charge < -0.3 is 5.73 Å². The molecule has 2 aromatic rings. The highest BCUT2D eigenvalue weighted by atomic mass is 35.5. The maximum Gasteiger partial charge on any atom is 0.234 e. The summed E-state index contributed by atoms with van der Waals surface area (Å²) in [6.45, 7) is 2.02. The van der Waals surface area contributed by atoms with Crippen LogP contribution in [0.25, 0.3) is 0 Å². The number of carbonyl (C=O) groups is 1. The van der Waals surface area contributed by atoms with Gasteiger partial charge in [0.25, 0.3) is 0 Å². The second-order valence-corrected chi connectivity index (χ2v) is 5.06. The third kappa shape index (κ3) is 4.90. The quantitative estimate of drug-likeness (QED) is 0.599. The second kappa shape index (κ2) is 8.20. The predicted molar refractivity (Wildman–Crippen MR) is 91.4 cm³/mol. The highest BCUT2D eigenvalue weighted by Crippen LogP contribution is 2.21. The average molecular weight is 318 g/mol. The molecule has 0 saturated carbocycles. The van der Waals surface area contributed by atoms with E-state index in [-0.39, 0.29) is 30.2 Å². The number of nitrogens with one attached hydrogen (secondary N) is 2. The van der Waals surface area contributed by atoms with Crippen molar-refractivity contribution in [3.63, 3.8) is 0 Å². The van der Waals surface area contributed by atoms with Gasteiger partial charge in [-0.2, -0.15) is 0 Å². The molecule has 5 heteroatoms. The van der Waals surface area contributed by atoms with E-state index in [0.29, 0.717) is 6.42 Å². The number of benzene rings is 2. The van der Waals surface area contributed by atoms with Crippen molar-refractivity contribution in [1.29, 1.82) is 5.41 Å². The zero-order valence-corrected chi connectivity index (χ0v) is 13.2. The van der Waals surface area contributed by atoms with Gasteiger partial charge in [0.2, 0.25) is 5.91 Å². The van der Waals surface area contributed by atoms with E-state index in [1.54, 1.807) is 0 Å². The molecule has 0 aromatic heterocycles. The predicted octanol–water partition coefficient (Wildman–Crippen LogP) is 2.75. The van der Waals surface area contributed by atoms with E-state index in [1.807, 2.05) is 55.5 Å². The average Bonchev–Trinajstić information content (AvgIpc) is 2.45. The normalized spacial score (nSPS) is 11.1. The fraction of sp³-hybridized carbons (Fsp3) is 0.176. The van der Waals surface area contributed by atoms with E-state index in [1.165, 1.54) is 0 Å². The summed E-state index contributed by atoms with van der Waals surface area (Å²) in [7, 11) is 0. The third-order valence-corrected chi connectivity index (χ3v) is 3.30. The summed E-state index contributed by atoms with van der Waals surface area (Å²) in [6, 6.07) is 17.6. The van der Waals surface area contributed by atoms with E-state index in [9.17, 15) is 4.79 Å². The zero-order valence-electron chi connectivity index (χ0n) is 12.4. The lowest BCUT2D eigenvalue weighted by atomic mass is 9.90. The van der Waals surface area contributed by atoms with Crippen molar-refractivity contribution in [1.82, 2.24) is 5.32 Å². The lowest BCUT2D eigenvalue weighted by Gasteiger charge is -2.17. The monoisotopic (exact) mass is 317 g/mol. The molecule has 0 bridgehead atoms. The minimum Gasteiger partial charge on any atom is -0.370 e. The molecule has 0 heterocycles. The van der Waals surface area contributed by atoms with Crippen LogP contribution in [-0.4, -0.2) is 11.9 Å². The Morgan fingerprint density at radius 3 is 2.45 bits per heavy atom. The molecule has 2 aromatic carbocycles. The first kappa shape index (κ1) is 17.7. The van der Waals surface area contributed by atoms with Gasteiger partial charge >= 0.3 is 0 Å². The first-order valence-corrected chi connectivity index (χ1v) is 6.81. The first-order chi connectivity index (χ1) is 10.1. The van der Waals surface area contributed by atoms with Crippen LogP contribution in [0, 0.1) is 12.3 Å². The maximum atomic E-state index is 12.3. The highest BCUT2D eigenvalue weighted by Gasteiger charge is 2.21. The molecule has 22 heavy (non-hydrogen) atoms. The molecule has 116 valence electrons. The van der Waals surface area contributed by atoms with Crippen molar-refractivity contribution in [2.24, 2.45) is 5.73 Å². The van der Waals surface area contributed by atoms with Crippen LogP contribution in [0.2, 0.25) is 0 Å². The van der Waals surface area contributed by atoms with Crippen LogP contribution in [0.4, 0.5) is 0 Å². The summed E-state index contributed by atoms with van der Waals surface area (Å²) in [5.74, 6) is -0.947. The zero-order chi connectivity index (χ0) is 15.2. The number of amides is 1. The number of hydrogen-bond acceptors (Lipinski definition) is 2. The van der Waals surface area contributed by atoms with Gasteiger partial charge in [-0.05, 0) is 24.5 Å². The molecule has 4 N–H and O–H groups in total. The van der Waals surface area contributed by atoms with Gasteiger partial charge in [0.1, 0.15) is 0 Å². The Kier molecular flexibility index (Phi) is 6.60. The van der Waals surface area contributed by atoms with Crippen LogP contribution >= 0.6 is 12.4 Å². The van der Waals surface area contributed by atoms with Crippen LogP contribution in [0.15, 0.2) is 54.6 Å². The van der Waals surface area contributed by atoms with E-state index in [2.05, 4.69) is 11.4 Å². The molecule has 0 aliphatic rings. The number of halogens is 1. The van der Waals surface area contributed by atoms with Crippen molar-refractivity contribution in [3.05, 3.63) is 71.3 Å². The first-order valence-electron chi connectivity index (χ1n) is 6.81. The molecule has 2 rings (SSSR count). The number of carbonyl (C=O) groups excluding carboxylic acids is 1. The van der Waals surface area contributed by atoms with E-state index < -0.39 is 0 Å². The summed E-state index contributed by atoms with van der Waals surface area (Å²) in [6.07, 6.45) is 0.574. The van der Waals surface area contributed by atoms with E-state index in [4.69, 9.17) is 11.1 Å². The minimum absolute atomic E-state index is 0. The van der Waals surface area contributed by atoms with Gasteiger partial charge in [-0.1, -0.05) is 60.2 Å². The second-order valence-electron chi connectivity index (χ2n) is 5.06. The van der Waals surface area contributed by atoms with Crippen LogP contribution in [0.3, 0.4) is 0 Å². The Bertz CT molecular complexity index is 643. The van der Waals surface area contributed by atoms with E-state index in [0.717, 1.165) is 16.7 Å². The Labute approximate surface area is 136 Å². The summed E-state index contributed by atoms with van der Waals surface area (Å²) in [4.78, 5) is 12.3. The number of nitrogens with two attached hydrogens (primary N) is 1. The Hall–Kier alpha value is -2.33. The Balaban J connectivity index is 0.00000242. The van der Waals surface area contributed by atoms with Gasteiger partial charge in [-0.3, -0.25) is 15.5 Å². The minimum atomic E-state index is -0.364. The van der Waals surface area contributed by atoms with Crippen molar-refractivity contribution in [2.45, 2.75) is 19.3 Å². The smallest absolute Gasteiger partial charge is 0.234 e. The molecule has 0 radical (unpaired) electrons. The molecule has 0 spiro atoms. The molecule has 0 aliphatic carbocycles. The largest absolute Gasteiger partial charge is 0.370 e. The molecule has 1 atom stereocenters. The molecular formula is C17H20ClN3O. The SMILES string of the molecule is Cc1cccc(C[C@@H](C(=O)NC(=N)N)c2ccccc2)c1.Cl. The van der Waals surface area contributed by atoms with Crippen LogP contribution in [0.1, 0.15) is 22.6 Å². The third-order valence-electron chi connectivity index (χ3n) is 3.30. The summed E-state index contributed by atoms with van der Waals surface area (Å²) < 4.78 is 0.